The molecule has 1 heterocycles. The molecule has 1 atom stereocenters. The maximum absolute atomic E-state index is 12.9. The van der Waals surface area contributed by atoms with Gasteiger partial charge in [-0.1, -0.05) is 39.7 Å². The van der Waals surface area contributed by atoms with Crippen molar-refractivity contribution in [3.63, 3.8) is 0 Å². The van der Waals surface area contributed by atoms with E-state index in [4.69, 9.17) is 21.1 Å². The maximum atomic E-state index is 12.9. The van der Waals surface area contributed by atoms with Gasteiger partial charge in [-0.2, -0.15) is 0 Å². The van der Waals surface area contributed by atoms with Gasteiger partial charge in [0, 0.05) is 28.9 Å². The van der Waals surface area contributed by atoms with Crippen LogP contribution in [0, 0.1) is 0 Å². The molecule has 0 saturated heterocycles. The zero-order chi connectivity index (χ0) is 21.0. The largest absolute Gasteiger partial charge is 0.493 e. The molecule has 2 aromatic carbocycles. The highest BCUT2D eigenvalue weighted by atomic mass is 79.9. The first-order valence-electron chi connectivity index (χ1n) is 8.85. The van der Waals surface area contributed by atoms with Crippen LogP contribution in [-0.2, 0) is 18.3 Å². The van der Waals surface area contributed by atoms with Crippen molar-refractivity contribution in [2.45, 2.75) is 12.5 Å². The summed E-state index contributed by atoms with van der Waals surface area (Å²) in [7, 11) is 5.02. The molecule has 0 radical (unpaired) electrons. The lowest BCUT2D eigenvalue weighted by Gasteiger charge is -2.20. The first-order chi connectivity index (χ1) is 13.9. The van der Waals surface area contributed by atoms with Crippen molar-refractivity contribution < 1.29 is 14.3 Å². The number of carbonyl (C=O) groups is 1. The van der Waals surface area contributed by atoms with Crippen molar-refractivity contribution in [3.8, 4) is 11.5 Å². The summed E-state index contributed by atoms with van der Waals surface area (Å²) in [6, 6.07) is 10.5. The number of imidazole rings is 1. The third-order valence-electron chi connectivity index (χ3n) is 4.53. The van der Waals surface area contributed by atoms with Gasteiger partial charge in [0.15, 0.2) is 11.5 Å². The van der Waals surface area contributed by atoms with Crippen molar-refractivity contribution in [2.24, 2.45) is 7.05 Å². The summed E-state index contributed by atoms with van der Waals surface area (Å²) in [5.74, 6) is 1.74. The number of benzene rings is 2. The Balaban J connectivity index is 1.86. The highest BCUT2D eigenvalue weighted by Crippen LogP contribution is 2.33. The van der Waals surface area contributed by atoms with E-state index in [1.807, 2.05) is 29.9 Å². The molecular formula is C21H21BrClN3O3. The van der Waals surface area contributed by atoms with Crippen LogP contribution in [0.1, 0.15) is 23.0 Å². The van der Waals surface area contributed by atoms with Crippen LogP contribution < -0.4 is 14.8 Å². The Morgan fingerprint density at radius 1 is 1.21 bits per heavy atom. The Hall–Kier alpha value is -2.51. The van der Waals surface area contributed by atoms with Crippen LogP contribution in [0.3, 0.4) is 0 Å². The number of halogens is 2. The third-order valence-corrected chi connectivity index (χ3v) is 5.52. The average molecular weight is 479 g/mol. The second-order valence-corrected chi connectivity index (χ2v) is 7.71. The van der Waals surface area contributed by atoms with E-state index in [1.54, 1.807) is 44.7 Å². The van der Waals surface area contributed by atoms with Gasteiger partial charge in [0.1, 0.15) is 11.9 Å². The number of nitrogens with zero attached hydrogens (tertiary/aromatic N) is 2. The lowest BCUT2D eigenvalue weighted by atomic mass is 10.0. The number of methoxy groups -OCH3 is 2. The molecule has 8 heteroatoms. The highest BCUT2D eigenvalue weighted by molar-refractivity contribution is 9.10. The minimum Gasteiger partial charge on any atom is -0.493 e. The SMILES string of the molecule is COc1cc(Br)c(CC(=O)N[C@H](c2ccc(Cl)cc2)c2nccn2C)cc1OC. The van der Waals surface area contributed by atoms with Crippen molar-refractivity contribution >= 4 is 33.4 Å². The van der Waals surface area contributed by atoms with Gasteiger partial charge in [-0.3, -0.25) is 4.79 Å². The number of hydrogen-bond donors (Lipinski definition) is 1. The van der Waals surface area contributed by atoms with E-state index in [-0.39, 0.29) is 12.3 Å². The Bertz CT molecular complexity index is 1000. The molecular weight excluding hydrogens is 458 g/mol. The van der Waals surface area contributed by atoms with Crippen LogP contribution in [0.15, 0.2) is 53.3 Å². The quantitative estimate of drug-likeness (QED) is 0.550. The van der Waals surface area contributed by atoms with Crippen molar-refractivity contribution in [1.29, 1.82) is 0 Å². The van der Waals surface area contributed by atoms with Gasteiger partial charge >= 0.3 is 0 Å². The molecule has 3 aromatic rings. The van der Waals surface area contributed by atoms with Crippen LogP contribution in [0.4, 0.5) is 0 Å². The van der Waals surface area contributed by atoms with Gasteiger partial charge in [0.2, 0.25) is 5.91 Å². The summed E-state index contributed by atoms with van der Waals surface area (Å²) in [4.78, 5) is 17.3. The van der Waals surface area contributed by atoms with Gasteiger partial charge in [-0.25, -0.2) is 4.98 Å². The van der Waals surface area contributed by atoms with E-state index < -0.39 is 6.04 Å². The Morgan fingerprint density at radius 3 is 2.45 bits per heavy atom. The molecule has 0 saturated carbocycles. The highest BCUT2D eigenvalue weighted by Gasteiger charge is 2.22. The van der Waals surface area contributed by atoms with Crippen LogP contribution >= 0.6 is 27.5 Å². The lowest BCUT2D eigenvalue weighted by molar-refractivity contribution is -0.121. The van der Waals surface area contributed by atoms with Gasteiger partial charge in [0.05, 0.1) is 20.6 Å². The lowest BCUT2D eigenvalue weighted by Crippen LogP contribution is -2.32. The summed E-state index contributed by atoms with van der Waals surface area (Å²) in [6.07, 6.45) is 3.71. The molecule has 152 valence electrons. The molecule has 3 rings (SSSR count). The predicted octanol–water partition coefficient (Wildman–Crippen LogP) is 4.30. The van der Waals surface area contributed by atoms with E-state index in [9.17, 15) is 4.79 Å². The fraction of sp³-hybridized carbons (Fsp3) is 0.238. The van der Waals surface area contributed by atoms with Gasteiger partial charge in [-0.15, -0.1) is 0 Å². The number of aryl methyl sites for hydroxylation is 1. The topological polar surface area (TPSA) is 65.4 Å². The van der Waals surface area contributed by atoms with Gasteiger partial charge < -0.3 is 19.4 Å². The monoisotopic (exact) mass is 477 g/mol. The molecule has 1 amide bonds. The third kappa shape index (κ3) is 4.92. The predicted molar refractivity (Wildman–Crippen MR) is 116 cm³/mol. The minimum absolute atomic E-state index is 0.152. The van der Waals surface area contributed by atoms with E-state index in [1.165, 1.54) is 0 Å². The summed E-state index contributed by atoms with van der Waals surface area (Å²) in [6.45, 7) is 0. The molecule has 6 nitrogen and oxygen atoms in total. The van der Waals surface area contributed by atoms with Crippen LogP contribution in [0.5, 0.6) is 11.5 Å². The summed E-state index contributed by atoms with van der Waals surface area (Å²) < 4.78 is 13.3. The second-order valence-electron chi connectivity index (χ2n) is 6.42. The molecule has 0 bridgehead atoms. The first-order valence-corrected chi connectivity index (χ1v) is 10.0. The average Bonchev–Trinajstić information content (AvgIpc) is 3.13. The summed E-state index contributed by atoms with van der Waals surface area (Å²) >= 11 is 9.52. The van der Waals surface area contributed by atoms with E-state index >= 15 is 0 Å². The Labute approximate surface area is 182 Å². The molecule has 1 N–H and O–H groups in total. The molecule has 0 aliphatic carbocycles. The smallest absolute Gasteiger partial charge is 0.225 e. The summed E-state index contributed by atoms with van der Waals surface area (Å²) in [5, 5.41) is 3.71. The fourth-order valence-electron chi connectivity index (χ4n) is 3.02. The first kappa shape index (κ1) is 21.2. The number of hydrogen-bond acceptors (Lipinski definition) is 4. The normalized spacial score (nSPS) is 11.8. The van der Waals surface area contributed by atoms with Crippen molar-refractivity contribution in [1.82, 2.24) is 14.9 Å². The zero-order valence-electron chi connectivity index (χ0n) is 16.3. The van der Waals surface area contributed by atoms with Crippen LogP contribution in [0.2, 0.25) is 5.02 Å². The number of amides is 1. The molecule has 1 aromatic heterocycles. The molecule has 29 heavy (non-hydrogen) atoms. The van der Waals surface area contributed by atoms with Gasteiger partial charge in [-0.05, 0) is 35.4 Å². The standard InChI is InChI=1S/C21H21BrClN3O3/c1-26-9-8-24-21(26)20(13-4-6-15(23)7-5-13)25-19(27)11-14-10-17(28-2)18(29-3)12-16(14)22/h4-10,12,20H,11H2,1-3H3,(H,25,27)/t20-/m1/s1. The maximum Gasteiger partial charge on any atom is 0.225 e. The van der Waals surface area contributed by atoms with Crippen molar-refractivity contribution in [3.05, 3.63) is 75.2 Å². The number of aromatic nitrogens is 2. The van der Waals surface area contributed by atoms with Crippen LogP contribution in [-0.4, -0.2) is 29.7 Å². The van der Waals surface area contributed by atoms with Crippen LogP contribution in [0.25, 0.3) is 0 Å². The molecule has 0 aliphatic heterocycles. The molecule has 0 aliphatic rings. The Kier molecular flexibility index (Phi) is 6.82. The second kappa shape index (κ2) is 9.33. The van der Waals surface area contributed by atoms with Gasteiger partial charge in [0.25, 0.3) is 0 Å². The van der Waals surface area contributed by atoms with Crippen molar-refractivity contribution in [2.75, 3.05) is 14.2 Å². The minimum atomic E-state index is -0.404. The Morgan fingerprint density at radius 2 is 1.86 bits per heavy atom. The molecule has 0 spiro atoms. The van der Waals surface area contributed by atoms with E-state index in [2.05, 4.69) is 26.2 Å². The summed E-state index contributed by atoms with van der Waals surface area (Å²) in [5.41, 5.74) is 1.68. The number of carbonyl (C=O) groups excluding carboxylic acids is 1. The number of ether oxygens (including phenoxy) is 2. The number of rotatable bonds is 7. The zero-order valence-corrected chi connectivity index (χ0v) is 18.6. The number of nitrogens with one attached hydrogen (secondary N) is 1. The fourth-order valence-corrected chi connectivity index (χ4v) is 3.61. The van der Waals surface area contributed by atoms with E-state index in [0.717, 1.165) is 21.4 Å². The molecule has 0 fully saturated rings. The molecule has 0 unspecified atom stereocenters. The van der Waals surface area contributed by atoms with E-state index in [0.29, 0.717) is 16.5 Å².